The predicted molar refractivity (Wildman–Crippen MR) is 65.2 cm³/mol. The van der Waals surface area contributed by atoms with Gasteiger partial charge in [-0.3, -0.25) is 4.79 Å². The molecule has 1 fully saturated rings. The van der Waals surface area contributed by atoms with E-state index in [0.29, 0.717) is 18.9 Å². The van der Waals surface area contributed by atoms with Crippen molar-refractivity contribution in [3.05, 3.63) is 0 Å². The standard InChI is InChI=1S/C13H22N2O2/c1-3-11-4-7-13(10-14,8-5-11)15-12(16)6-9-17-2/h11H,3-9H2,1-2H3,(H,15,16). The van der Waals surface area contributed by atoms with Crippen molar-refractivity contribution in [3.63, 3.8) is 0 Å². The Kier molecular flexibility index (Phi) is 5.43. The van der Waals surface area contributed by atoms with Crippen LogP contribution in [0.15, 0.2) is 0 Å². The van der Waals surface area contributed by atoms with E-state index in [1.165, 1.54) is 6.42 Å². The van der Waals surface area contributed by atoms with Crippen LogP contribution in [0.2, 0.25) is 0 Å². The fraction of sp³-hybridized carbons (Fsp3) is 0.846. The Morgan fingerprint density at radius 2 is 2.18 bits per heavy atom. The molecule has 0 heterocycles. The fourth-order valence-corrected chi connectivity index (χ4v) is 2.37. The monoisotopic (exact) mass is 238 g/mol. The van der Waals surface area contributed by atoms with Crippen molar-refractivity contribution in [1.29, 1.82) is 5.26 Å². The molecule has 0 atom stereocenters. The van der Waals surface area contributed by atoms with Crippen molar-refractivity contribution in [1.82, 2.24) is 5.32 Å². The van der Waals surface area contributed by atoms with Crippen LogP contribution in [0.25, 0.3) is 0 Å². The average Bonchev–Trinajstić information content (AvgIpc) is 2.37. The van der Waals surface area contributed by atoms with Crippen LogP contribution in [0.4, 0.5) is 0 Å². The van der Waals surface area contributed by atoms with Gasteiger partial charge in [0.25, 0.3) is 0 Å². The smallest absolute Gasteiger partial charge is 0.223 e. The van der Waals surface area contributed by atoms with E-state index in [9.17, 15) is 10.1 Å². The zero-order valence-corrected chi connectivity index (χ0v) is 10.8. The number of methoxy groups -OCH3 is 1. The summed E-state index contributed by atoms with van der Waals surface area (Å²) in [6.07, 6.45) is 5.13. The summed E-state index contributed by atoms with van der Waals surface area (Å²) < 4.78 is 4.86. The first-order chi connectivity index (χ1) is 8.15. The summed E-state index contributed by atoms with van der Waals surface area (Å²) in [7, 11) is 1.57. The molecule has 0 radical (unpaired) electrons. The van der Waals surface area contributed by atoms with Crippen LogP contribution in [-0.4, -0.2) is 25.2 Å². The summed E-state index contributed by atoms with van der Waals surface area (Å²) in [5.74, 6) is 0.635. The van der Waals surface area contributed by atoms with Crippen molar-refractivity contribution in [2.24, 2.45) is 5.92 Å². The second kappa shape index (κ2) is 6.61. The first-order valence-electron chi connectivity index (χ1n) is 6.37. The molecule has 1 N–H and O–H groups in total. The molecule has 96 valence electrons. The van der Waals surface area contributed by atoms with E-state index in [-0.39, 0.29) is 5.91 Å². The van der Waals surface area contributed by atoms with Crippen LogP contribution >= 0.6 is 0 Å². The summed E-state index contributed by atoms with van der Waals surface area (Å²) in [6, 6.07) is 2.30. The Balaban J connectivity index is 2.48. The van der Waals surface area contributed by atoms with Gasteiger partial charge in [0.2, 0.25) is 5.91 Å². The lowest BCUT2D eigenvalue weighted by atomic mass is 9.76. The van der Waals surface area contributed by atoms with E-state index in [1.54, 1.807) is 7.11 Å². The summed E-state index contributed by atoms with van der Waals surface area (Å²) in [5, 5.41) is 12.2. The molecular weight excluding hydrogens is 216 g/mol. The van der Waals surface area contributed by atoms with Gasteiger partial charge in [0, 0.05) is 13.5 Å². The minimum Gasteiger partial charge on any atom is -0.384 e. The highest BCUT2D eigenvalue weighted by Crippen LogP contribution is 2.33. The number of ether oxygens (including phenoxy) is 1. The second-order valence-electron chi connectivity index (χ2n) is 4.84. The molecular formula is C13H22N2O2. The summed E-state index contributed by atoms with van der Waals surface area (Å²) in [6.45, 7) is 2.59. The molecule has 0 aromatic heterocycles. The minimum atomic E-state index is -0.628. The molecule has 0 bridgehead atoms. The Hall–Kier alpha value is -1.08. The average molecular weight is 238 g/mol. The summed E-state index contributed by atoms with van der Waals surface area (Å²) in [4.78, 5) is 11.6. The molecule has 1 aliphatic rings. The van der Waals surface area contributed by atoms with Gasteiger partial charge in [-0.25, -0.2) is 0 Å². The molecule has 4 heteroatoms. The lowest BCUT2D eigenvalue weighted by molar-refractivity contribution is -0.123. The molecule has 0 aliphatic heterocycles. The van der Waals surface area contributed by atoms with Crippen LogP contribution in [0, 0.1) is 17.2 Å². The number of amides is 1. The zero-order chi connectivity index (χ0) is 12.7. The predicted octanol–water partition coefficient (Wildman–Crippen LogP) is 2.00. The van der Waals surface area contributed by atoms with E-state index in [0.717, 1.165) is 25.7 Å². The number of nitrogens with one attached hydrogen (secondary N) is 1. The summed E-state index contributed by atoms with van der Waals surface area (Å²) in [5.41, 5.74) is -0.628. The summed E-state index contributed by atoms with van der Waals surface area (Å²) >= 11 is 0. The minimum absolute atomic E-state index is 0.0802. The normalized spacial score (nSPS) is 28.4. The lowest BCUT2D eigenvalue weighted by Crippen LogP contribution is -2.49. The van der Waals surface area contributed by atoms with E-state index in [1.807, 2.05) is 0 Å². The van der Waals surface area contributed by atoms with E-state index in [4.69, 9.17) is 4.74 Å². The van der Waals surface area contributed by atoms with Crippen LogP contribution in [0.3, 0.4) is 0 Å². The van der Waals surface area contributed by atoms with E-state index < -0.39 is 5.54 Å². The number of nitriles is 1. The van der Waals surface area contributed by atoms with Gasteiger partial charge >= 0.3 is 0 Å². The van der Waals surface area contributed by atoms with Crippen LogP contribution in [0.1, 0.15) is 45.4 Å². The Labute approximate surface area is 103 Å². The van der Waals surface area contributed by atoms with Crippen LogP contribution in [-0.2, 0) is 9.53 Å². The SMILES string of the molecule is CCC1CCC(C#N)(NC(=O)CCOC)CC1. The highest BCUT2D eigenvalue weighted by atomic mass is 16.5. The number of carbonyl (C=O) groups is 1. The van der Waals surface area contributed by atoms with Crippen molar-refractivity contribution in [3.8, 4) is 6.07 Å². The Morgan fingerprint density at radius 1 is 1.53 bits per heavy atom. The van der Waals surface area contributed by atoms with Gasteiger partial charge in [-0.15, -0.1) is 0 Å². The van der Waals surface area contributed by atoms with Crippen molar-refractivity contribution in [2.75, 3.05) is 13.7 Å². The van der Waals surface area contributed by atoms with E-state index in [2.05, 4.69) is 18.3 Å². The van der Waals surface area contributed by atoms with Gasteiger partial charge < -0.3 is 10.1 Å². The maximum atomic E-state index is 11.6. The maximum Gasteiger partial charge on any atom is 0.223 e. The third-order valence-electron chi connectivity index (χ3n) is 3.66. The van der Waals surface area contributed by atoms with E-state index >= 15 is 0 Å². The quantitative estimate of drug-likeness (QED) is 0.796. The molecule has 0 aromatic rings. The third kappa shape index (κ3) is 4.01. The number of rotatable bonds is 5. The highest BCUT2D eigenvalue weighted by Gasteiger charge is 2.36. The fourth-order valence-electron chi connectivity index (χ4n) is 2.37. The molecule has 0 aromatic carbocycles. The highest BCUT2D eigenvalue weighted by molar-refractivity contribution is 5.77. The molecule has 1 amide bonds. The molecule has 0 saturated heterocycles. The first-order valence-corrected chi connectivity index (χ1v) is 6.37. The van der Waals surface area contributed by atoms with Gasteiger partial charge in [0.15, 0.2) is 0 Å². The van der Waals surface area contributed by atoms with Gasteiger partial charge in [-0.2, -0.15) is 5.26 Å². The lowest BCUT2D eigenvalue weighted by Gasteiger charge is -2.35. The molecule has 4 nitrogen and oxygen atoms in total. The molecule has 1 aliphatic carbocycles. The zero-order valence-electron chi connectivity index (χ0n) is 10.8. The molecule has 1 saturated carbocycles. The van der Waals surface area contributed by atoms with Gasteiger partial charge in [0.05, 0.1) is 12.7 Å². The number of nitrogens with zero attached hydrogens (tertiary/aromatic N) is 1. The first kappa shape index (κ1) is 14.0. The van der Waals surface area contributed by atoms with Crippen LogP contribution in [0.5, 0.6) is 0 Å². The Bertz CT molecular complexity index is 288. The number of hydrogen-bond acceptors (Lipinski definition) is 3. The van der Waals surface area contributed by atoms with Crippen molar-refractivity contribution >= 4 is 5.91 Å². The van der Waals surface area contributed by atoms with Gasteiger partial charge in [-0.05, 0) is 31.6 Å². The molecule has 17 heavy (non-hydrogen) atoms. The maximum absolute atomic E-state index is 11.6. The Morgan fingerprint density at radius 3 is 2.65 bits per heavy atom. The van der Waals surface area contributed by atoms with Gasteiger partial charge in [-0.1, -0.05) is 13.3 Å². The van der Waals surface area contributed by atoms with Crippen LogP contribution < -0.4 is 5.32 Å². The third-order valence-corrected chi connectivity index (χ3v) is 3.66. The van der Waals surface area contributed by atoms with Crippen molar-refractivity contribution in [2.45, 2.75) is 51.0 Å². The molecule has 0 spiro atoms. The van der Waals surface area contributed by atoms with Crippen molar-refractivity contribution < 1.29 is 9.53 Å². The molecule has 1 rings (SSSR count). The number of carbonyl (C=O) groups excluding carboxylic acids is 1. The van der Waals surface area contributed by atoms with Gasteiger partial charge in [0.1, 0.15) is 5.54 Å². The largest absolute Gasteiger partial charge is 0.384 e. The molecule has 0 unspecified atom stereocenters. The number of hydrogen-bond donors (Lipinski definition) is 1. The topological polar surface area (TPSA) is 62.1 Å². The second-order valence-corrected chi connectivity index (χ2v) is 4.84.